The Kier molecular flexibility index (Phi) is 7.05. The second-order valence-corrected chi connectivity index (χ2v) is 8.42. The van der Waals surface area contributed by atoms with Gasteiger partial charge in [0.25, 0.3) is 0 Å². The zero-order chi connectivity index (χ0) is 22.1. The standard InChI is InChI=1S/C16H8Br2F8O2S/c17-13(19,20)15(23,24)27-9-1-5-11(6-2-9)29-12-7-3-10(4-8-12)28-16(25,26)14(18,21)22/h1-8H. The smallest absolute Gasteiger partial charge is 0.427 e. The van der Waals surface area contributed by atoms with E-state index in [-0.39, 0.29) is 0 Å². The van der Waals surface area contributed by atoms with Crippen LogP contribution >= 0.6 is 43.6 Å². The van der Waals surface area contributed by atoms with Gasteiger partial charge < -0.3 is 9.47 Å². The average Bonchev–Trinajstić information content (AvgIpc) is 2.56. The van der Waals surface area contributed by atoms with Gasteiger partial charge in [-0.1, -0.05) is 11.8 Å². The molecule has 0 aromatic heterocycles. The minimum Gasteiger partial charge on any atom is -0.427 e. The molecular weight excluding hydrogens is 568 g/mol. The number of ether oxygens (including phenoxy) is 2. The molecule has 0 aliphatic heterocycles. The van der Waals surface area contributed by atoms with E-state index in [1.807, 2.05) is 0 Å². The molecule has 0 aliphatic rings. The lowest BCUT2D eigenvalue weighted by atomic mass is 10.3. The second-order valence-electron chi connectivity index (χ2n) is 5.28. The van der Waals surface area contributed by atoms with E-state index in [1.165, 1.54) is 56.1 Å². The number of hydrogen-bond acceptors (Lipinski definition) is 3. The first kappa shape index (κ1) is 24.1. The fraction of sp³-hybridized carbons (Fsp3) is 0.250. The second kappa shape index (κ2) is 8.50. The van der Waals surface area contributed by atoms with Crippen LogP contribution in [0.15, 0.2) is 58.3 Å². The summed E-state index contributed by atoms with van der Waals surface area (Å²) in [6, 6.07) is 9.32. The fourth-order valence-electron chi connectivity index (χ4n) is 1.70. The van der Waals surface area contributed by atoms with Crippen molar-refractivity contribution in [2.45, 2.75) is 31.7 Å². The van der Waals surface area contributed by atoms with Crippen molar-refractivity contribution in [3.8, 4) is 11.5 Å². The summed E-state index contributed by atoms with van der Waals surface area (Å²) in [6.07, 6.45) is -9.54. The molecule has 160 valence electrons. The van der Waals surface area contributed by atoms with Crippen LogP contribution < -0.4 is 9.47 Å². The van der Waals surface area contributed by atoms with Crippen molar-refractivity contribution in [3.05, 3.63) is 48.5 Å². The summed E-state index contributed by atoms with van der Waals surface area (Å²) < 4.78 is 111. The molecule has 0 fully saturated rings. The highest BCUT2D eigenvalue weighted by molar-refractivity contribution is 9.10. The van der Waals surface area contributed by atoms with Crippen molar-refractivity contribution in [2.24, 2.45) is 0 Å². The van der Waals surface area contributed by atoms with Gasteiger partial charge in [-0.25, -0.2) is 0 Å². The molecule has 0 N–H and O–H groups in total. The molecule has 0 saturated heterocycles. The molecule has 0 radical (unpaired) electrons. The first-order valence-corrected chi connectivity index (χ1v) is 9.66. The van der Waals surface area contributed by atoms with E-state index in [0.29, 0.717) is 9.79 Å². The lowest BCUT2D eigenvalue weighted by Crippen LogP contribution is -2.40. The van der Waals surface area contributed by atoms with E-state index in [9.17, 15) is 35.1 Å². The number of halogens is 10. The molecule has 0 spiro atoms. The van der Waals surface area contributed by atoms with Gasteiger partial charge in [0.1, 0.15) is 11.5 Å². The Balaban J connectivity index is 2.02. The van der Waals surface area contributed by atoms with E-state index >= 15 is 0 Å². The zero-order valence-corrected chi connectivity index (χ0v) is 17.6. The van der Waals surface area contributed by atoms with Crippen LogP contribution in [-0.2, 0) is 0 Å². The Morgan fingerprint density at radius 2 is 0.828 bits per heavy atom. The molecular formula is C16H8Br2F8O2S. The topological polar surface area (TPSA) is 18.5 Å². The highest BCUT2D eigenvalue weighted by Gasteiger charge is 2.58. The summed E-state index contributed by atoms with van der Waals surface area (Å²) in [4.78, 5) is -8.19. The average molecular weight is 576 g/mol. The molecule has 0 amide bonds. The van der Waals surface area contributed by atoms with Crippen molar-refractivity contribution in [2.75, 3.05) is 0 Å². The molecule has 0 unspecified atom stereocenters. The van der Waals surface area contributed by atoms with Crippen LogP contribution in [0.25, 0.3) is 0 Å². The molecule has 2 aromatic carbocycles. The van der Waals surface area contributed by atoms with Gasteiger partial charge in [-0.15, -0.1) is 0 Å². The van der Waals surface area contributed by atoms with Gasteiger partial charge in [0.05, 0.1) is 0 Å². The third kappa shape index (κ3) is 6.38. The summed E-state index contributed by atoms with van der Waals surface area (Å²) in [5.41, 5.74) is 0. The summed E-state index contributed by atoms with van der Waals surface area (Å²) in [7, 11) is 0. The summed E-state index contributed by atoms with van der Waals surface area (Å²) in [6.45, 7) is 0. The van der Waals surface area contributed by atoms with E-state index < -0.39 is 33.4 Å². The van der Waals surface area contributed by atoms with Crippen molar-refractivity contribution in [1.82, 2.24) is 0 Å². The molecule has 0 saturated carbocycles. The van der Waals surface area contributed by atoms with Gasteiger partial charge in [0.2, 0.25) is 0 Å². The van der Waals surface area contributed by atoms with Crippen molar-refractivity contribution < 1.29 is 44.6 Å². The van der Waals surface area contributed by atoms with E-state index in [0.717, 1.165) is 36.0 Å². The molecule has 0 heterocycles. The summed E-state index contributed by atoms with van der Waals surface area (Å²) >= 11 is 4.13. The largest absolute Gasteiger partial charge is 0.475 e. The first-order chi connectivity index (χ1) is 13.1. The van der Waals surface area contributed by atoms with Gasteiger partial charge in [0.15, 0.2) is 0 Å². The van der Waals surface area contributed by atoms with Gasteiger partial charge in [-0.3, -0.25) is 0 Å². The van der Waals surface area contributed by atoms with Crippen molar-refractivity contribution in [1.29, 1.82) is 0 Å². The molecule has 29 heavy (non-hydrogen) atoms. The normalized spacial score (nSPS) is 13.3. The maximum Gasteiger partial charge on any atom is 0.475 e. The number of hydrogen-bond donors (Lipinski definition) is 0. The van der Waals surface area contributed by atoms with Crippen LogP contribution in [0.2, 0.25) is 0 Å². The molecule has 2 aromatic rings. The lowest BCUT2D eigenvalue weighted by Gasteiger charge is -2.22. The number of alkyl halides is 10. The Hall–Kier alpha value is -1.21. The predicted molar refractivity (Wildman–Crippen MR) is 95.9 cm³/mol. The summed E-state index contributed by atoms with van der Waals surface area (Å²) in [5, 5.41) is 0. The SMILES string of the molecule is FC(F)(Br)C(F)(F)Oc1ccc(Sc2ccc(OC(F)(F)C(F)(F)Br)cc2)cc1. The third-order valence-corrected chi connectivity index (χ3v) is 4.97. The van der Waals surface area contributed by atoms with E-state index in [2.05, 4.69) is 9.47 Å². The van der Waals surface area contributed by atoms with Gasteiger partial charge >= 0.3 is 21.9 Å². The van der Waals surface area contributed by atoms with Crippen LogP contribution in [0.5, 0.6) is 11.5 Å². The van der Waals surface area contributed by atoms with Crippen LogP contribution in [0.3, 0.4) is 0 Å². The Labute approximate surface area is 179 Å². The lowest BCUT2D eigenvalue weighted by molar-refractivity contribution is -0.266. The fourth-order valence-corrected chi connectivity index (χ4v) is 2.68. The molecule has 13 heteroatoms. The molecule has 2 nitrogen and oxygen atoms in total. The maximum absolute atomic E-state index is 13.2. The monoisotopic (exact) mass is 574 g/mol. The minimum absolute atomic E-state index is 0.470. The summed E-state index contributed by atoms with van der Waals surface area (Å²) in [5.74, 6) is -1.03. The maximum atomic E-state index is 13.2. The van der Waals surface area contributed by atoms with Gasteiger partial charge in [-0.05, 0) is 48.5 Å². The highest BCUT2D eigenvalue weighted by Crippen LogP contribution is 2.42. The minimum atomic E-state index is -4.77. The van der Waals surface area contributed by atoms with E-state index in [1.54, 1.807) is 0 Å². The predicted octanol–water partition coefficient (Wildman–Crippen LogP) is 7.76. The Morgan fingerprint density at radius 1 is 0.552 bits per heavy atom. The van der Waals surface area contributed by atoms with Crippen molar-refractivity contribution >= 4 is 43.6 Å². The Morgan fingerprint density at radius 3 is 1.07 bits per heavy atom. The quantitative estimate of drug-likeness (QED) is 0.237. The molecule has 0 aliphatic carbocycles. The van der Waals surface area contributed by atoms with Crippen LogP contribution in [0.4, 0.5) is 35.1 Å². The van der Waals surface area contributed by atoms with Crippen LogP contribution in [0.1, 0.15) is 0 Å². The van der Waals surface area contributed by atoms with E-state index in [4.69, 9.17) is 0 Å². The van der Waals surface area contributed by atoms with Crippen molar-refractivity contribution in [3.63, 3.8) is 0 Å². The Bertz CT molecular complexity index is 751. The number of rotatable bonds is 8. The molecule has 0 atom stereocenters. The molecule has 0 bridgehead atoms. The van der Waals surface area contributed by atoms with Crippen LogP contribution in [0, 0.1) is 0 Å². The zero-order valence-electron chi connectivity index (χ0n) is 13.6. The van der Waals surface area contributed by atoms with Crippen LogP contribution in [-0.4, -0.2) is 21.9 Å². The third-order valence-electron chi connectivity index (χ3n) is 3.04. The molecule has 2 rings (SSSR count). The van der Waals surface area contributed by atoms with Gasteiger partial charge in [0, 0.05) is 41.7 Å². The van der Waals surface area contributed by atoms with Gasteiger partial charge in [-0.2, -0.15) is 35.1 Å². The first-order valence-electron chi connectivity index (χ1n) is 7.26. The highest BCUT2D eigenvalue weighted by atomic mass is 79.9. The number of benzene rings is 2.